The fourth-order valence-electron chi connectivity index (χ4n) is 5.54. The molecule has 1 aromatic carbocycles. The van der Waals surface area contributed by atoms with Crippen molar-refractivity contribution >= 4 is 22.6 Å². The molecule has 2 saturated heterocycles. The second kappa shape index (κ2) is 8.20. The van der Waals surface area contributed by atoms with Gasteiger partial charge in [0.1, 0.15) is 5.52 Å². The summed E-state index contributed by atoms with van der Waals surface area (Å²) in [6.07, 6.45) is 6.23. The maximum atomic E-state index is 13.7. The van der Waals surface area contributed by atoms with Gasteiger partial charge in [0.15, 0.2) is 5.82 Å². The Morgan fingerprint density at radius 2 is 1.71 bits per heavy atom. The molecule has 2 aliphatic heterocycles. The van der Waals surface area contributed by atoms with Crippen molar-refractivity contribution in [2.75, 3.05) is 31.1 Å². The van der Waals surface area contributed by atoms with E-state index >= 15 is 0 Å². The van der Waals surface area contributed by atoms with Gasteiger partial charge >= 0.3 is 0 Å². The lowest BCUT2D eigenvalue weighted by Crippen LogP contribution is -2.54. The van der Waals surface area contributed by atoms with Gasteiger partial charge < -0.3 is 9.80 Å². The number of fused-ring (bicyclic) bond motifs is 3. The summed E-state index contributed by atoms with van der Waals surface area (Å²) in [6.45, 7) is 7.28. The quantitative estimate of drug-likeness (QED) is 0.473. The lowest BCUT2D eigenvalue weighted by Gasteiger charge is -2.46. The summed E-state index contributed by atoms with van der Waals surface area (Å²) in [5.41, 5.74) is 4.38. The van der Waals surface area contributed by atoms with Crippen LogP contribution >= 0.6 is 0 Å². The van der Waals surface area contributed by atoms with E-state index in [1.54, 1.807) is 12.4 Å². The third-order valence-electron chi connectivity index (χ3n) is 6.88. The van der Waals surface area contributed by atoms with Crippen molar-refractivity contribution in [1.29, 1.82) is 0 Å². The molecule has 2 fully saturated rings. The van der Waals surface area contributed by atoms with Gasteiger partial charge in [-0.05, 0) is 56.4 Å². The van der Waals surface area contributed by atoms with Crippen LogP contribution in [0.5, 0.6) is 0 Å². The number of hydrogen-bond donors (Lipinski definition) is 0. The molecule has 2 aliphatic rings. The number of aromatic nitrogens is 5. The summed E-state index contributed by atoms with van der Waals surface area (Å²) >= 11 is 0. The van der Waals surface area contributed by atoms with E-state index in [-0.39, 0.29) is 5.91 Å². The van der Waals surface area contributed by atoms with Crippen LogP contribution in [0.1, 0.15) is 28.0 Å². The molecule has 8 nitrogen and oxygen atoms in total. The molecule has 0 spiro atoms. The van der Waals surface area contributed by atoms with Crippen molar-refractivity contribution in [3.8, 4) is 5.69 Å². The molecule has 0 N–H and O–H groups in total. The molecule has 0 radical (unpaired) electrons. The van der Waals surface area contributed by atoms with E-state index in [9.17, 15) is 4.79 Å². The fourth-order valence-corrected chi connectivity index (χ4v) is 5.54. The summed E-state index contributed by atoms with van der Waals surface area (Å²) in [4.78, 5) is 29.1. The van der Waals surface area contributed by atoms with Gasteiger partial charge in [0.25, 0.3) is 5.91 Å². The molecule has 0 saturated carbocycles. The molecular formula is C26H27N7O. The third-order valence-corrected chi connectivity index (χ3v) is 6.88. The predicted octanol–water partition coefficient (Wildman–Crippen LogP) is 3.43. The van der Waals surface area contributed by atoms with Gasteiger partial charge in [-0.25, -0.2) is 4.98 Å². The van der Waals surface area contributed by atoms with Crippen molar-refractivity contribution in [3.05, 3.63) is 71.8 Å². The van der Waals surface area contributed by atoms with E-state index < -0.39 is 0 Å². The second-order valence-corrected chi connectivity index (χ2v) is 9.58. The topological polar surface area (TPSA) is 80.0 Å². The van der Waals surface area contributed by atoms with Crippen LogP contribution in [-0.2, 0) is 0 Å². The summed E-state index contributed by atoms with van der Waals surface area (Å²) in [7, 11) is 0. The lowest BCUT2D eigenvalue weighted by molar-refractivity contribution is 0.0564. The molecule has 172 valence electrons. The van der Waals surface area contributed by atoms with Gasteiger partial charge in [0, 0.05) is 43.5 Å². The molecule has 2 unspecified atom stereocenters. The minimum absolute atomic E-state index is 0.0555. The van der Waals surface area contributed by atoms with Gasteiger partial charge in [-0.2, -0.15) is 15.0 Å². The molecule has 8 heteroatoms. The Kier molecular flexibility index (Phi) is 5.01. The highest BCUT2D eigenvalue weighted by atomic mass is 16.2. The minimum atomic E-state index is 0.0555. The van der Waals surface area contributed by atoms with Gasteiger partial charge in [-0.1, -0.05) is 17.7 Å². The number of likely N-dealkylation sites (tertiary alicyclic amines) is 1. The van der Waals surface area contributed by atoms with Crippen LogP contribution in [0.25, 0.3) is 16.6 Å². The van der Waals surface area contributed by atoms with Gasteiger partial charge in [0.05, 0.1) is 23.6 Å². The van der Waals surface area contributed by atoms with Crippen molar-refractivity contribution < 1.29 is 4.79 Å². The number of amides is 1. The standard InChI is InChI=1S/C26H27N7O/c1-17-5-6-23(33-28-8-9-29-33)22(10-17)26(34)32-15-19-12-20(16-32)14-31(13-19)25-24-21(4-3-7-27-24)11-18(2)30-25/h3-11,19-20H,12-16H2,1-2H3. The number of hydrogen-bond acceptors (Lipinski definition) is 6. The summed E-state index contributed by atoms with van der Waals surface area (Å²) in [6, 6.07) is 12.0. The number of piperidine rings is 2. The van der Waals surface area contributed by atoms with Gasteiger partial charge in [-0.15, -0.1) is 0 Å². The van der Waals surface area contributed by atoms with Gasteiger partial charge in [0.2, 0.25) is 0 Å². The van der Waals surface area contributed by atoms with Crippen LogP contribution in [0.3, 0.4) is 0 Å². The number of carbonyl (C=O) groups is 1. The first-order valence-electron chi connectivity index (χ1n) is 11.8. The number of carbonyl (C=O) groups excluding carboxylic acids is 1. The number of anilines is 1. The zero-order valence-corrected chi connectivity index (χ0v) is 19.4. The lowest BCUT2D eigenvalue weighted by atomic mass is 9.84. The van der Waals surface area contributed by atoms with Crippen molar-refractivity contribution in [2.24, 2.45) is 11.8 Å². The number of pyridine rings is 2. The zero-order valence-electron chi connectivity index (χ0n) is 19.4. The Balaban J connectivity index is 1.26. The zero-order chi connectivity index (χ0) is 23.2. The average molecular weight is 454 g/mol. The fraction of sp³-hybridized carbons (Fsp3) is 0.346. The van der Waals surface area contributed by atoms with Crippen molar-refractivity contribution in [1.82, 2.24) is 29.9 Å². The van der Waals surface area contributed by atoms with Crippen LogP contribution in [-0.4, -0.2) is 61.9 Å². The first kappa shape index (κ1) is 20.8. The van der Waals surface area contributed by atoms with E-state index in [0.717, 1.165) is 66.3 Å². The van der Waals surface area contributed by atoms with E-state index in [0.29, 0.717) is 17.4 Å². The monoisotopic (exact) mass is 453 g/mol. The maximum Gasteiger partial charge on any atom is 0.256 e. The van der Waals surface area contributed by atoms with Crippen LogP contribution in [0.2, 0.25) is 0 Å². The largest absolute Gasteiger partial charge is 0.354 e. The Hall–Kier alpha value is -3.81. The number of benzene rings is 1. The molecule has 0 aliphatic carbocycles. The first-order valence-corrected chi connectivity index (χ1v) is 11.8. The summed E-state index contributed by atoms with van der Waals surface area (Å²) in [5.74, 6) is 1.82. The molecule has 2 bridgehead atoms. The Labute approximate surface area is 198 Å². The Bertz CT molecular complexity index is 1350. The van der Waals surface area contributed by atoms with Crippen LogP contribution < -0.4 is 4.90 Å². The molecule has 6 rings (SSSR count). The van der Waals surface area contributed by atoms with Crippen LogP contribution in [0.15, 0.2) is 55.0 Å². The highest BCUT2D eigenvalue weighted by molar-refractivity contribution is 5.98. The van der Waals surface area contributed by atoms with E-state index in [1.807, 2.05) is 49.2 Å². The first-order chi connectivity index (χ1) is 16.5. The molecule has 3 aromatic heterocycles. The molecule has 34 heavy (non-hydrogen) atoms. The number of aryl methyl sites for hydroxylation is 2. The number of rotatable bonds is 3. The molecule has 1 amide bonds. The Morgan fingerprint density at radius 1 is 0.941 bits per heavy atom. The van der Waals surface area contributed by atoms with E-state index in [4.69, 9.17) is 4.98 Å². The average Bonchev–Trinajstić information content (AvgIpc) is 3.37. The summed E-state index contributed by atoms with van der Waals surface area (Å²) < 4.78 is 0. The second-order valence-electron chi connectivity index (χ2n) is 9.58. The Morgan fingerprint density at radius 3 is 2.47 bits per heavy atom. The van der Waals surface area contributed by atoms with Crippen LogP contribution in [0, 0.1) is 25.7 Å². The number of nitrogens with zero attached hydrogens (tertiary/aromatic N) is 7. The van der Waals surface area contributed by atoms with Crippen LogP contribution in [0.4, 0.5) is 5.82 Å². The highest BCUT2D eigenvalue weighted by Gasteiger charge is 2.37. The summed E-state index contributed by atoms with van der Waals surface area (Å²) in [5, 5.41) is 9.63. The van der Waals surface area contributed by atoms with E-state index in [2.05, 4.69) is 32.2 Å². The smallest absolute Gasteiger partial charge is 0.256 e. The normalized spacial score (nSPS) is 20.1. The highest BCUT2D eigenvalue weighted by Crippen LogP contribution is 2.34. The van der Waals surface area contributed by atoms with Crippen molar-refractivity contribution in [3.63, 3.8) is 0 Å². The third kappa shape index (κ3) is 3.69. The predicted molar refractivity (Wildman–Crippen MR) is 130 cm³/mol. The minimum Gasteiger partial charge on any atom is -0.354 e. The maximum absolute atomic E-state index is 13.7. The van der Waals surface area contributed by atoms with Gasteiger partial charge in [-0.3, -0.25) is 9.78 Å². The van der Waals surface area contributed by atoms with Crippen molar-refractivity contribution in [2.45, 2.75) is 20.3 Å². The molecular weight excluding hydrogens is 426 g/mol. The molecule has 2 atom stereocenters. The van der Waals surface area contributed by atoms with E-state index in [1.165, 1.54) is 4.80 Å². The molecule has 5 heterocycles. The molecule has 4 aromatic rings. The SMILES string of the molecule is Cc1ccc(-n2nccn2)c(C(=O)N2CC3CC(C2)CN(c2nc(C)cc4cccnc24)C3)c1.